The first-order valence-corrected chi connectivity index (χ1v) is 10.2. The van der Waals surface area contributed by atoms with Crippen molar-refractivity contribution in [3.05, 3.63) is 40.2 Å². The summed E-state index contributed by atoms with van der Waals surface area (Å²) in [5.74, 6) is 2.27. The summed E-state index contributed by atoms with van der Waals surface area (Å²) in [6, 6.07) is 4.25. The molecule has 8 heteroatoms. The molecule has 3 rings (SSSR count). The number of hydrogen-bond acceptors (Lipinski definition) is 5. The van der Waals surface area contributed by atoms with Gasteiger partial charge in [-0.2, -0.15) is 0 Å². The molecule has 1 fully saturated rings. The van der Waals surface area contributed by atoms with E-state index in [0.29, 0.717) is 12.5 Å². The van der Waals surface area contributed by atoms with E-state index in [0.717, 1.165) is 42.1 Å². The van der Waals surface area contributed by atoms with Crippen LogP contribution in [0, 0.1) is 0 Å². The van der Waals surface area contributed by atoms with Crippen LogP contribution in [0.4, 0.5) is 0 Å². The van der Waals surface area contributed by atoms with Crippen LogP contribution in [0.15, 0.2) is 33.2 Å². The minimum atomic E-state index is 0. The fraction of sp³-hybridized carbons (Fsp3) is 0.579. The molecule has 1 aliphatic rings. The first kappa shape index (κ1) is 22.2. The van der Waals surface area contributed by atoms with Gasteiger partial charge >= 0.3 is 0 Å². The molecule has 1 unspecified atom stereocenters. The third-order valence-corrected chi connectivity index (χ3v) is 5.57. The minimum absolute atomic E-state index is 0. The van der Waals surface area contributed by atoms with Gasteiger partial charge in [0.1, 0.15) is 10.8 Å². The van der Waals surface area contributed by atoms with Crippen LogP contribution >= 0.6 is 35.3 Å². The van der Waals surface area contributed by atoms with Gasteiger partial charge in [0.25, 0.3) is 0 Å². The van der Waals surface area contributed by atoms with E-state index in [4.69, 9.17) is 4.42 Å². The predicted molar refractivity (Wildman–Crippen MR) is 122 cm³/mol. The fourth-order valence-electron chi connectivity index (χ4n) is 3.19. The molecule has 27 heavy (non-hydrogen) atoms. The Hall–Kier alpha value is -1.13. The van der Waals surface area contributed by atoms with Crippen molar-refractivity contribution in [3.8, 4) is 0 Å². The molecule has 6 nitrogen and oxygen atoms in total. The van der Waals surface area contributed by atoms with E-state index >= 15 is 0 Å². The van der Waals surface area contributed by atoms with Crippen LogP contribution in [0.25, 0.3) is 0 Å². The van der Waals surface area contributed by atoms with Gasteiger partial charge in [-0.15, -0.1) is 35.3 Å². The van der Waals surface area contributed by atoms with Gasteiger partial charge in [0.2, 0.25) is 0 Å². The Morgan fingerprint density at radius 3 is 2.70 bits per heavy atom. The van der Waals surface area contributed by atoms with Crippen molar-refractivity contribution in [2.75, 3.05) is 26.7 Å². The van der Waals surface area contributed by atoms with Crippen LogP contribution in [0.5, 0.6) is 0 Å². The number of halogens is 1. The zero-order valence-electron chi connectivity index (χ0n) is 16.3. The maximum absolute atomic E-state index is 5.68. The number of furan rings is 1. The largest absolute Gasteiger partial charge is 0.468 e. The van der Waals surface area contributed by atoms with Gasteiger partial charge in [0, 0.05) is 19.0 Å². The van der Waals surface area contributed by atoms with Crippen molar-refractivity contribution >= 4 is 41.3 Å². The summed E-state index contributed by atoms with van der Waals surface area (Å²) < 4.78 is 5.68. The van der Waals surface area contributed by atoms with Crippen LogP contribution in [0.1, 0.15) is 55.1 Å². The molecule has 0 saturated carbocycles. The Morgan fingerprint density at radius 1 is 1.33 bits per heavy atom. The molecule has 0 bridgehead atoms. The van der Waals surface area contributed by atoms with Crippen LogP contribution in [0.2, 0.25) is 0 Å². The number of nitrogens with one attached hydrogen (secondary N) is 2. The minimum Gasteiger partial charge on any atom is -0.468 e. The van der Waals surface area contributed by atoms with E-state index < -0.39 is 0 Å². The molecule has 1 atom stereocenters. The summed E-state index contributed by atoms with van der Waals surface area (Å²) in [5.41, 5.74) is 1.15. The number of nitrogens with zero attached hydrogens (tertiary/aromatic N) is 3. The molecular formula is C19H30IN5OS. The zero-order chi connectivity index (χ0) is 18.4. The number of rotatable bonds is 7. The highest BCUT2D eigenvalue weighted by atomic mass is 127. The van der Waals surface area contributed by atoms with Crippen LogP contribution < -0.4 is 10.6 Å². The molecule has 1 aliphatic heterocycles. The van der Waals surface area contributed by atoms with Crippen molar-refractivity contribution < 1.29 is 4.42 Å². The molecule has 0 spiro atoms. The predicted octanol–water partition coefficient (Wildman–Crippen LogP) is 3.98. The van der Waals surface area contributed by atoms with Crippen molar-refractivity contribution in [2.45, 2.75) is 45.2 Å². The normalized spacial score (nSPS) is 16.4. The van der Waals surface area contributed by atoms with Gasteiger partial charge in [-0.3, -0.25) is 9.89 Å². The molecule has 2 aromatic heterocycles. The van der Waals surface area contributed by atoms with Gasteiger partial charge in [0.05, 0.1) is 24.5 Å². The lowest BCUT2D eigenvalue weighted by Crippen LogP contribution is -2.42. The van der Waals surface area contributed by atoms with E-state index in [-0.39, 0.29) is 30.0 Å². The number of guanidine groups is 1. The standard InChI is InChI=1S/C19H29N5OS.HI/c1-14(2)15-13-26-18(23-15)12-22-19(20-3)21-11-16(17-7-6-10-25-17)24-8-4-5-9-24;/h6-7,10,13-14,16H,4-5,8-9,11-12H2,1-3H3,(H2,20,21,22);1H. The van der Waals surface area contributed by atoms with Gasteiger partial charge < -0.3 is 15.1 Å². The summed E-state index contributed by atoms with van der Waals surface area (Å²) in [7, 11) is 1.80. The maximum Gasteiger partial charge on any atom is 0.191 e. The molecule has 150 valence electrons. The second-order valence-corrected chi connectivity index (χ2v) is 7.84. The second-order valence-electron chi connectivity index (χ2n) is 6.90. The molecule has 2 N–H and O–H groups in total. The van der Waals surface area contributed by atoms with E-state index in [1.807, 2.05) is 6.07 Å². The highest BCUT2D eigenvalue weighted by Crippen LogP contribution is 2.24. The highest BCUT2D eigenvalue weighted by molar-refractivity contribution is 14.0. The number of hydrogen-bond donors (Lipinski definition) is 2. The average Bonchev–Trinajstić information content (AvgIpc) is 3.40. The van der Waals surface area contributed by atoms with E-state index in [1.54, 1.807) is 24.6 Å². The Kier molecular flexibility index (Phi) is 9.04. The Bertz CT molecular complexity index is 695. The molecule has 0 aliphatic carbocycles. The van der Waals surface area contributed by atoms with Crippen molar-refractivity contribution in [3.63, 3.8) is 0 Å². The quantitative estimate of drug-likeness (QED) is 0.340. The monoisotopic (exact) mass is 503 g/mol. The number of likely N-dealkylation sites (tertiary alicyclic amines) is 1. The van der Waals surface area contributed by atoms with Crippen LogP contribution in [-0.4, -0.2) is 42.5 Å². The number of aromatic nitrogens is 1. The average molecular weight is 503 g/mol. The van der Waals surface area contributed by atoms with Crippen molar-refractivity contribution in [1.29, 1.82) is 0 Å². The zero-order valence-corrected chi connectivity index (χ0v) is 19.4. The lowest BCUT2D eigenvalue weighted by molar-refractivity contribution is 0.215. The second kappa shape index (κ2) is 11.0. The molecule has 3 heterocycles. The van der Waals surface area contributed by atoms with E-state index in [2.05, 4.69) is 50.8 Å². The topological polar surface area (TPSA) is 65.7 Å². The van der Waals surface area contributed by atoms with Crippen molar-refractivity contribution in [2.24, 2.45) is 4.99 Å². The van der Waals surface area contributed by atoms with E-state index in [1.165, 1.54) is 12.8 Å². The number of aliphatic imine (C=N–C) groups is 1. The molecule has 0 aromatic carbocycles. The third kappa shape index (κ3) is 6.18. The molecule has 0 amide bonds. The van der Waals surface area contributed by atoms with Gasteiger partial charge in [0.15, 0.2) is 5.96 Å². The summed E-state index contributed by atoms with van der Waals surface area (Å²) in [6.45, 7) is 8.03. The first-order chi connectivity index (χ1) is 12.7. The Balaban J connectivity index is 0.00000261. The Labute approximate surface area is 182 Å². The van der Waals surface area contributed by atoms with Crippen LogP contribution in [-0.2, 0) is 6.54 Å². The molecule has 0 radical (unpaired) electrons. The van der Waals surface area contributed by atoms with Crippen LogP contribution in [0.3, 0.4) is 0 Å². The smallest absolute Gasteiger partial charge is 0.191 e. The SMILES string of the molecule is CN=C(NCc1nc(C(C)C)cs1)NCC(c1ccco1)N1CCCC1.I. The Morgan fingerprint density at radius 2 is 2.11 bits per heavy atom. The van der Waals surface area contributed by atoms with E-state index in [9.17, 15) is 0 Å². The lowest BCUT2D eigenvalue weighted by atomic mass is 10.2. The highest BCUT2D eigenvalue weighted by Gasteiger charge is 2.25. The molecule has 1 saturated heterocycles. The molecule has 2 aromatic rings. The molecular weight excluding hydrogens is 473 g/mol. The lowest BCUT2D eigenvalue weighted by Gasteiger charge is -2.26. The van der Waals surface area contributed by atoms with Gasteiger partial charge in [-0.1, -0.05) is 13.8 Å². The fourth-order valence-corrected chi connectivity index (χ4v) is 4.08. The summed E-state index contributed by atoms with van der Waals surface area (Å²) in [4.78, 5) is 11.5. The van der Waals surface area contributed by atoms with Crippen molar-refractivity contribution in [1.82, 2.24) is 20.5 Å². The van der Waals surface area contributed by atoms with Gasteiger partial charge in [-0.05, 0) is 44.0 Å². The third-order valence-electron chi connectivity index (χ3n) is 4.71. The summed E-state index contributed by atoms with van der Waals surface area (Å²) >= 11 is 1.69. The summed E-state index contributed by atoms with van der Waals surface area (Å²) in [6.07, 6.45) is 4.26. The summed E-state index contributed by atoms with van der Waals surface area (Å²) in [5, 5.41) is 10.0. The first-order valence-electron chi connectivity index (χ1n) is 9.33. The van der Waals surface area contributed by atoms with Gasteiger partial charge in [-0.25, -0.2) is 4.98 Å². The maximum atomic E-state index is 5.68. The number of thiazole rings is 1.